The van der Waals surface area contributed by atoms with Gasteiger partial charge in [-0.25, -0.2) is 0 Å². The topological polar surface area (TPSA) is 29.1 Å². The molecule has 1 N–H and O–H groups in total. The molecule has 1 saturated carbocycles. The van der Waals surface area contributed by atoms with E-state index in [0.29, 0.717) is 11.9 Å². The van der Waals surface area contributed by atoms with Crippen LogP contribution in [0.15, 0.2) is 0 Å². The highest BCUT2D eigenvalue weighted by Gasteiger charge is 2.21. The van der Waals surface area contributed by atoms with Gasteiger partial charge in [0.15, 0.2) is 0 Å². The maximum Gasteiger partial charge on any atom is 0.224 e. The van der Waals surface area contributed by atoms with Crippen molar-refractivity contribution >= 4 is 17.5 Å². The lowest BCUT2D eigenvalue weighted by atomic mass is 9.87. The van der Waals surface area contributed by atoms with Crippen LogP contribution < -0.4 is 5.32 Å². The van der Waals surface area contributed by atoms with E-state index >= 15 is 0 Å². The summed E-state index contributed by atoms with van der Waals surface area (Å²) in [6.45, 7) is 4.15. The lowest BCUT2D eigenvalue weighted by molar-refractivity contribution is -0.124. The average molecular weight is 218 g/mol. The summed E-state index contributed by atoms with van der Waals surface area (Å²) in [6, 6.07) is 0.393. The van der Waals surface area contributed by atoms with Crippen molar-refractivity contribution in [2.75, 3.05) is 5.88 Å². The highest BCUT2D eigenvalue weighted by Crippen LogP contribution is 2.23. The van der Waals surface area contributed by atoms with Gasteiger partial charge in [-0.05, 0) is 31.6 Å². The van der Waals surface area contributed by atoms with E-state index in [9.17, 15) is 4.79 Å². The SMILES string of the molecule is CC1CCC(NC(=O)C(C)CCl)CC1. The molecule has 3 heteroatoms. The lowest BCUT2D eigenvalue weighted by Gasteiger charge is -2.27. The Morgan fingerprint density at radius 1 is 1.43 bits per heavy atom. The fourth-order valence-electron chi connectivity index (χ4n) is 1.82. The van der Waals surface area contributed by atoms with E-state index in [2.05, 4.69) is 12.2 Å². The molecule has 0 heterocycles. The number of amides is 1. The van der Waals surface area contributed by atoms with Gasteiger partial charge in [0.2, 0.25) is 5.91 Å². The summed E-state index contributed by atoms with van der Waals surface area (Å²) in [7, 11) is 0. The van der Waals surface area contributed by atoms with E-state index in [0.717, 1.165) is 18.8 Å². The van der Waals surface area contributed by atoms with E-state index in [1.54, 1.807) is 0 Å². The van der Waals surface area contributed by atoms with E-state index in [-0.39, 0.29) is 11.8 Å². The first-order chi connectivity index (χ1) is 6.63. The molecular weight excluding hydrogens is 198 g/mol. The van der Waals surface area contributed by atoms with Gasteiger partial charge in [-0.1, -0.05) is 13.8 Å². The van der Waals surface area contributed by atoms with E-state index < -0.39 is 0 Å². The number of carbonyl (C=O) groups is 1. The highest BCUT2D eigenvalue weighted by molar-refractivity contribution is 6.19. The number of carbonyl (C=O) groups excluding carboxylic acids is 1. The highest BCUT2D eigenvalue weighted by atomic mass is 35.5. The molecule has 0 spiro atoms. The monoisotopic (exact) mass is 217 g/mol. The molecule has 82 valence electrons. The average Bonchev–Trinajstić information content (AvgIpc) is 2.20. The minimum absolute atomic E-state index is 0.0592. The van der Waals surface area contributed by atoms with Crippen LogP contribution in [-0.2, 0) is 4.79 Å². The molecular formula is C11H20ClNO. The van der Waals surface area contributed by atoms with E-state index in [4.69, 9.17) is 11.6 Å². The van der Waals surface area contributed by atoms with Gasteiger partial charge in [0, 0.05) is 17.8 Å². The first kappa shape index (κ1) is 11.8. The van der Waals surface area contributed by atoms with Crippen molar-refractivity contribution in [2.24, 2.45) is 11.8 Å². The van der Waals surface area contributed by atoms with Crippen LogP contribution in [0.5, 0.6) is 0 Å². The molecule has 0 aromatic rings. The predicted octanol–water partition coefficient (Wildman–Crippen LogP) is 2.56. The summed E-state index contributed by atoms with van der Waals surface area (Å²) in [6.07, 6.45) is 4.73. The van der Waals surface area contributed by atoms with Crippen molar-refractivity contribution in [3.05, 3.63) is 0 Å². The van der Waals surface area contributed by atoms with Crippen LogP contribution in [0.4, 0.5) is 0 Å². The van der Waals surface area contributed by atoms with Gasteiger partial charge in [0.1, 0.15) is 0 Å². The molecule has 14 heavy (non-hydrogen) atoms. The second kappa shape index (κ2) is 5.59. The van der Waals surface area contributed by atoms with Crippen LogP contribution in [0, 0.1) is 11.8 Å². The van der Waals surface area contributed by atoms with Crippen LogP contribution in [-0.4, -0.2) is 17.8 Å². The largest absolute Gasteiger partial charge is 0.353 e. The summed E-state index contributed by atoms with van der Waals surface area (Å²) in [5, 5.41) is 3.07. The Labute approximate surface area is 91.4 Å². The normalized spacial score (nSPS) is 29.6. The first-order valence-corrected chi connectivity index (χ1v) is 6.03. The second-order valence-corrected chi connectivity index (χ2v) is 4.83. The van der Waals surface area contributed by atoms with Gasteiger partial charge < -0.3 is 5.32 Å². The molecule has 0 bridgehead atoms. The number of hydrogen-bond acceptors (Lipinski definition) is 1. The van der Waals surface area contributed by atoms with Crippen LogP contribution in [0.2, 0.25) is 0 Å². The molecule has 0 aromatic carbocycles. The van der Waals surface area contributed by atoms with Crippen molar-refractivity contribution in [3.8, 4) is 0 Å². The third-order valence-corrected chi connectivity index (χ3v) is 3.50. The molecule has 0 radical (unpaired) electrons. The van der Waals surface area contributed by atoms with Gasteiger partial charge >= 0.3 is 0 Å². The van der Waals surface area contributed by atoms with Crippen molar-refractivity contribution in [2.45, 2.75) is 45.6 Å². The Morgan fingerprint density at radius 2 is 2.00 bits per heavy atom. The molecule has 1 amide bonds. The molecule has 1 aliphatic rings. The zero-order chi connectivity index (χ0) is 10.6. The van der Waals surface area contributed by atoms with Gasteiger partial charge in [-0.15, -0.1) is 11.6 Å². The van der Waals surface area contributed by atoms with Gasteiger partial charge in [0.05, 0.1) is 0 Å². The molecule has 0 saturated heterocycles. The number of hydrogen-bond donors (Lipinski definition) is 1. The zero-order valence-corrected chi connectivity index (χ0v) is 9.81. The van der Waals surface area contributed by atoms with Gasteiger partial charge in [0.25, 0.3) is 0 Å². The fourth-order valence-corrected chi connectivity index (χ4v) is 1.96. The summed E-state index contributed by atoms with van der Waals surface area (Å²) in [5.74, 6) is 1.29. The molecule has 1 atom stereocenters. The Hall–Kier alpha value is -0.240. The number of alkyl halides is 1. The van der Waals surface area contributed by atoms with Crippen molar-refractivity contribution in [1.82, 2.24) is 5.32 Å². The molecule has 0 aliphatic heterocycles. The van der Waals surface area contributed by atoms with Crippen LogP contribution in [0.25, 0.3) is 0 Å². The third-order valence-electron chi connectivity index (χ3n) is 3.04. The number of nitrogens with one attached hydrogen (secondary N) is 1. The maximum absolute atomic E-state index is 11.5. The Morgan fingerprint density at radius 3 is 2.50 bits per heavy atom. The first-order valence-electron chi connectivity index (χ1n) is 5.49. The predicted molar refractivity (Wildman–Crippen MR) is 59.4 cm³/mol. The Bertz CT molecular complexity index is 188. The molecule has 1 aliphatic carbocycles. The van der Waals surface area contributed by atoms with Gasteiger partial charge in [-0.2, -0.15) is 0 Å². The fraction of sp³-hybridized carbons (Fsp3) is 0.909. The van der Waals surface area contributed by atoms with E-state index in [1.165, 1.54) is 12.8 Å². The minimum atomic E-state index is -0.0592. The van der Waals surface area contributed by atoms with Crippen LogP contribution in [0.3, 0.4) is 0 Å². The van der Waals surface area contributed by atoms with Gasteiger partial charge in [-0.3, -0.25) is 4.79 Å². The molecule has 1 unspecified atom stereocenters. The Balaban J connectivity index is 2.27. The standard InChI is InChI=1S/C11H20ClNO/c1-8-3-5-10(6-4-8)13-11(14)9(2)7-12/h8-10H,3-7H2,1-2H3,(H,13,14). The number of rotatable bonds is 3. The van der Waals surface area contributed by atoms with Crippen LogP contribution >= 0.6 is 11.6 Å². The summed E-state index contributed by atoms with van der Waals surface area (Å²) in [5.41, 5.74) is 0. The summed E-state index contributed by atoms with van der Waals surface area (Å²) in [4.78, 5) is 11.5. The zero-order valence-electron chi connectivity index (χ0n) is 9.05. The molecule has 1 fully saturated rings. The number of halogens is 1. The lowest BCUT2D eigenvalue weighted by Crippen LogP contribution is -2.40. The van der Waals surface area contributed by atoms with Crippen molar-refractivity contribution < 1.29 is 4.79 Å². The summed E-state index contributed by atoms with van der Waals surface area (Å²) < 4.78 is 0. The van der Waals surface area contributed by atoms with Crippen molar-refractivity contribution in [1.29, 1.82) is 0 Å². The minimum Gasteiger partial charge on any atom is -0.353 e. The molecule has 1 rings (SSSR count). The maximum atomic E-state index is 11.5. The van der Waals surface area contributed by atoms with Crippen LogP contribution in [0.1, 0.15) is 39.5 Å². The van der Waals surface area contributed by atoms with Crippen molar-refractivity contribution in [3.63, 3.8) is 0 Å². The summed E-state index contributed by atoms with van der Waals surface area (Å²) >= 11 is 5.63. The molecule has 0 aromatic heterocycles. The smallest absolute Gasteiger partial charge is 0.224 e. The Kier molecular flexibility index (Phi) is 4.73. The third kappa shape index (κ3) is 3.49. The quantitative estimate of drug-likeness (QED) is 0.724. The van der Waals surface area contributed by atoms with E-state index in [1.807, 2.05) is 6.92 Å². The second-order valence-electron chi connectivity index (χ2n) is 4.52. The molecule has 2 nitrogen and oxygen atoms in total.